The monoisotopic (exact) mass is 386 g/mol. The molecule has 0 spiro atoms. The molecule has 5 rings (SSSR count). The van der Waals surface area contributed by atoms with E-state index in [2.05, 4.69) is 35.1 Å². The first-order valence-electron chi connectivity index (χ1n) is 9.63. The number of pyridine rings is 1. The van der Waals surface area contributed by atoms with Gasteiger partial charge in [-0.1, -0.05) is 0 Å². The van der Waals surface area contributed by atoms with Gasteiger partial charge in [0.15, 0.2) is 5.82 Å². The summed E-state index contributed by atoms with van der Waals surface area (Å²) in [6.45, 7) is 5.02. The van der Waals surface area contributed by atoms with Crippen molar-refractivity contribution in [2.45, 2.75) is 20.3 Å². The van der Waals surface area contributed by atoms with Crippen molar-refractivity contribution in [2.24, 2.45) is 0 Å². The molecule has 3 aromatic heterocycles. The third kappa shape index (κ3) is 2.95. The van der Waals surface area contributed by atoms with Crippen LogP contribution in [0.5, 0.6) is 5.75 Å². The van der Waals surface area contributed by atoms with Crippen molar-refractivity contribution < 1.29 is 4.74 Å². The van der Waals surface area contributed by atoms with Gasteiger partial charge in [-0.15, -0.1) is 5.10 Å². The van der Waals surface area contributed by atoms with Crippen LogP contribution in [0.25, 0.3) is 11.5 Å². The van der Waals surface area contributed by atoms with Crippen molar-refractivity contribution in [3.8, 4) is 17.3 Å². The van der Waals surface area contributed by atoms with Gasteiger partial charge in [-0.25, -0.2) is 14.3 Å². The predicted molar refractivity (Wildman–Crippen MR) is 112 cm³/mol. The average molecular weight is 386 g/mol. The second-order valence-electron chi connectivity index (χ2n) is 7.21. The van der Waals surface area contributed by atoms with Crippen molar-refractivity contribution in [2.75, 3.05) is 18.6 Å². The van der Waals surface area contributed by atoms with Crippen LogP contribution in [0.4, 0.5) is 11.5 Å². The Morgan fingerprint density at radius 3 is 2.66 bits per heavy atom. The number of aryl methyl sites for hydroxylation is 2. The largest absolute Gasteiger partial charge is 0.497 e. The number of rotatable bonds is 4. The lowest BCUT2D eigenvalue weighted by atomic mass is 10.1. The zero-order chi connectivity index (χ0) is 20.0. The molecule has 29 heavy (non-hydrogen) atoms. The molecule has 0 unspecified atom stereocenters. The molecule has 0 saturated heterocycles. The summed E-state index contributed by atoms with van der Waals surface area (Å²) in [6.07, 6.45) is 6.54. The first-order chi connectivity index (χ1) is 14.1. The minimum atomic E-state index is 0.791. The first-order valence-corrected chi connectivity index (χ1v) is 9.63. The number of anilines is 2. The third-order valence-electron chi connectivity index (χ3n) is 5.30. The lowest BCUT2D eigenvalue weighted by Crippen LogP contribution is -2.16. The normalized spacial score (nSPS) is 13.0. The zero-order valence-electron chi connectivity index (χ0n) is 16.7. The fourth-order valence-corrected chi connectivity index (χ4v) is 3.93. The summed E-state index contributed by atoms with van der Waals surface area (Å²) < 4.78 is 9.05. The summed E-state index contributed by atoms with van der Waals surface area (Å²) in [4.78, 5) is 7.16. The van der Waals surface area contributed by atoms with Gasteiger partial charge in [0.2, 0.25) is 0 Å². The van der Waals surface area contributed by atoms with Crippen LogP contribution in [-0.4, -0.2) is 38.2 Å². The number of methoxy groups -OCH3 is 1. The molecule has 4 heterocycles. The molecule has 0 fully saturated rings. The van der Waals surface area contributed by atoms with Crippen molar-refractivity contribution in [3.05, 3.63) is 71.8 Å². The average Bonchev–Trinajstić information content (AvgIpc) is 3.47. The van der Waals surface area contributed by atoms with Gasteiger partial charge in [0, 0.05) is 48.1 Å². The van der Waals surface area contributed by atoms with Crippen LogP contribution in [-0.2, 0) is 6.42 Å². The number of aromatic nitrogens is 5. The highest BCUT2D eigenvalue weighted by atomic mass is 16.5. The maximum absolute atomic E-state index is 5.36. The maximum Gasteiger partial charge on any atom is 0.175 e. The number of benzene rings is 1. The maximum atomic E-state index is 5.36. The van der Waals surface area contributed by atoms with Crippen LogP contribution in [0.1, 0.15) is 16.8 Å². The molecule has 7 heteroatoms. The van der Waals surface area contributed by atoms with Crippen LogP contribution < -0.4 is 9.64 Å². The van der Waals surface area contributed by atoms with E-state index >= 15 is 0 Å². The lowest BCUT2D eigenvalue weighted by molar-refractivity contribution is 0.414. The van der Waals surface area contributed by atoms with Gasteiger partial charge in [-0.3, -0.25) is 0 Å². The van der Waals surface area contributed by atoms with E-state index in [1.807, 2.05) is 42.2 Å². The summed E-state index contributed by atoms with van der Waals surface area (Å²) in [7, 11) is 1.69. The number of fused-ring (bicyclic) bond motifs is 1. The number of nitrogens with zero attached hydrogens (tertiary/aromatic N) is 6. The van der Waals surface area contributed by atoms with Gasteiger partial charge in [0.05, 0.1) is 12.8 Å². The van der Waals surface area contributed by atoms with Gasteiger partial charge in [0.25, 0.3) is 0 Å². The van der Waals surface area contributed by atoms with Crippen LogP contribution >= 0.6 is 0 Å². The zero-order valence-corrected chi connectivity index (χ0v) is 16.7. The standard InChI is InChI=1S/C22H22N6O/c1-15-13-17(29-3)5-6-19(15)26-11-7-18-20(14-16(2)24-22(18)26)27-12-8-21(25-27)28-10-4-9-23-28/h4-6,8-10,12-14H,7,11H2,1-3H3. The third-order valence-corrected chi connectivity index (χ3v) is 5.30. The Hall–Kier alpha value is -3.61. The van der Waals surface area contributed by atoms with Crippen molar-refractivity contribution in [1.29, 1.82) is 0 Å². The Labute approximate surface area is 169 Å². The molecule has 7 nitrogen and oxygen atoms in total. The highest BCUT2D eigenvalue weighted by molar-refractivity contribution is 5.73. The van der Waals surface area contributed by atoms with Gasteiger partial charge in [0.1, 0.15) is 11.6 Å². The Bertz CT molecular complexity index is 1180. The fraction of sp³-hybridized carbons (Fsp3) is 0.227. The molecule has 4 aromatic rings. The van der Waals surface area contributed by atoms with Crippen molar-refractivity contribution in [3.63, 3.8) is 0 Å². The Morgan fingerprint density at radius 1 is 1.00 bits per heavy atom. The second kappa shape index (κ2) is 6.77. The smallest absolute Gasteiger partial charge is 0.175 e. The molecule has 1 aliphatic rings. The molecule has 0 aliphatic carbocycles. The molecule has 0 bridgehead atoms. The quantitative estimate of drug-likeness (QED) is 0.534. The van der Waals surface area contributed by atoms with E-state index in [0.717, 1.165) is 47.4 Å². The SMILES string of the molecule is COc1ccc(N2CCc3c(-n4ccc(-n5cccn5)n4)cc(C)nc32)c(C)c1. The molecule has 0 amide bonds. The van der Waals surface area contributed by atoms with E-state index in [1.54, 1.807) is 18.0 Å². The number of hydrogen-bond acceptors (Lipinski definition) is 5. The topological polar surface area (TPSA) is 61.0 Å². The van der Waals surface area contributed by atoms with E-state index < -0.39 is 0 Å². The minimum absolute atomic E-state index is 0.791. The molecule has 0 radical (unpaired) electrons. The predicted octanol–water partition coefficient (Wildman–Crippen LogP) is 3.77. The number of ether oxygens (including phenoxy) is 1. The summed E-state index contributed by atoms with van der Waals surface area (Å²) in [6, 6.07) is 12.1. The molecular weight excluding hydrogens is 364 g/mol. The Morgan fingerprint density at radius 2 is 1.90 bits per heavy atom. The molecule has 0 saturated carbocycles. The second-order valence-corrected chi connectivity index (χ2v) is 7.21. The number of hydrogen-bond donors (Lipinski definition) is 0. The summed E-state index contributed by atoms with van der Waals surface area (Å²) in [5.41, 5.74) is 5.57. The first kappa shape index (κ1) is 17.5. The van der Waals surface area contributed by atoms with Crippen LogP contribution in [0.2, 0.25) is 0 Å². The Balaban J connectivity index is 1.57. The van der Waals surface area contributed by atoms with E-state index in [1.165, 1.54) is 11.1 Å². The molecule has 0 atom stereocenters. The minimum Gasteiger partial charge on any atom is -0.497 e. The van der Waals surface area contributed by atoms with E-state index in [-0.39, 0.29) is 0 Å². The van der Waals surface area contributed by atoms with Gasteiger partial charge in [-0.05, 0) is 56.2 Å². The lowest BCUT2D eigenvalue weighted by Gasteiger charge is -2.22. The summed E-state index contributed by atoms with van der Waals surface area (Å²) in [5.74, 6) is 2.66. The molecule has 146 valence electrons. The highest BCUT2D eigenvalue weighted by Gasteiger charge is 2.27. The summed E-state index contributed by atoms with van der Waals surface area (Å²) >= 11 is 0. The van der Waals surface area contributed by atoms with Crippen molar-refractivity contribution in [1.82, 2.24) is 24.5 Å². The van der Waals surface area contributed by atoms with Crippen molar-refractivity contribution >= 4 is 11.5 Å². The van der Waals surface area contributed by atoms with Gasteiger partial charge < -0.3 is 9.64 Å². The molecular formula is C22H22N6O. The van der Waals surface area contributed by atoms with Crippen LogP contribution in [0.3, 0.4) is 0 Å². The van der Waals surface area contributed by atoms with Crippen LogP contribution in [0.15, 0.2) is 55.0 Å². The summed E-state index contributed by atoms with van der Waals surface area (Å²) in [5, 5.41) is 9.00. The Kier molecular flexibility index (Phi) is 4.08. The van der Waals surface area contributed by atoms with E-state index in [9.17, 15) is 0 Å². The van der Waals surface area contributed by atoms with Crippen LogP contribution in [0, 0.1) is 13.8 Å². The molecule has 1 aliphatic heterocycles. The van der Waals surface area contributed by atoms with E-state index in [0.29, 0.717) is 0 Å². The molecule has 1 aromatic carbocycles. The highest BCUT2D eigenvalue weighted by Crippen LogP contribution is 2.38. The van der Waals surface area contributed by atoms with E-state index in [4.69, 9.17) is 14.8 Å². The fourth-order valence-electron chi connectivity index (χ4n) is 3.93. The van der Waals surface area contributed by atoms with Gasteiger partial charge >= 0.3 is 0 Å². The van der Waals surface area contributed by atoms with Gasteiger partial charge in [-0.2, -0.15) is 5.10 Å². The molecule has 0 N–H and O–H groups in total.